The molecule has 172 valence electrons. The number of carbonyl (C=O) groups excluding carboxylic acids is 1. The molecule has 0 spiro atoms. The molecular formula is C25H29N5O2S. The number of benzene rings is 1. The monoisotopic (exact) mass is 463 g/mol. The normalized spacial score (nSPS) is 17.8. The average Bonchev–Trinajstić information content (AvgIpc) is 3.44. The second-order valence-electron chi connectivity index (χ2n) is 8.22. The second-order valence-corrected chi connectivity index (χ2v) is 8.60. The molecule has 1 amide bonds. The molecule has 0 aliphatic carbocycles. The number of nitrogens with zero attached hydrogens (tertiary/aromatic N) is 3. The SMILES string of the molecule is CCC(=O)Nc1ccc(N2C(=S)N[C@@H](c3ccccn3)[C@@H]2c2cccn2C(C)C)cc1OC. The minimum Gasteiger partial charge on any atom is -0.494 e. The fourth-order valence-corrected chi connectivity index (χ4v) is 4.58. The van der Waals surface area contributed by atoms with Gasteiger partial charge in [0.05, 0.1) is 24.5 Å². The Morgan fingerprint density at radius 1 is 1.24 bits per heavy atom. The number of aromatic nitrogens is 2. The van der Waals surface area contributed by atoms with E-state index in [9.17, 15) is 4.79 Å². The van der Waals surface area contributed by atoms with Crippen LogP contribution in [-0.2, 0) is 4.79 Å². The lowest BCUT2D eigenvalue weighted by Crippen LogP contribution is -2.30. The number of thiocarbonyl (C=S) groups is 1. The van der Waals surface area contributed by atoms with Crippen LogP contribution in [0.3, 0.4) is 0 Å². The highest BCUT2D eigenvalue weighted by Gasteiger charge is 2.42. The van der Waals surface area contributed by atoms with E-state index in [0.717, 1.165) is 17.1 Å². The van der Waals surface area contributed by atoms with Gasteiger partial charge in [-0.3, -0.25) is 9.78 Å². The van der Waals surface area contributed by atoms with Crippen molar-refractivity contribution >= 4 is 34.6 Å². The van der Waals surface area contributed by atoms with E-state index in [2.05, 4.69) is 57.3 Å². The van der Waals surface area contributed by atoms with Crippen LogP contribution in [0.1, 0.15) is 56.7 Å². The molecule has 1 aromatic carbocycles. The molecule has 0 unspecified atom stereocenters. The fraction of sp³-hybridized carbons (Fsp3) is 0.320. The molecule has 33 heavy (non-hydrogen) atoms. The van der Waals surface area contributed by atoms with Gasteiger partial charge in [0.25, 0.3) is 0 Å². The van der Waals surface area contributed by atoms with E-state index in [1.54, 1.807) is 13.3 Å². The Morgan fingerprint density at radius 3 is 2.73 bits per heavy atom. The molecular weight excluding hydrogens is 434 g/mol. The molecule has 4 rings (SSSR count). The van der Waals surface area contributed by atoms with E-state index >= 15 is 0 Å². The van der Waals surface area contributed by atoms with Crippen LogP contribution in [0.4, 0.5) is 11.4 Å². The van der Waals surface area contributed by atoms with Gasteiger partial charge in [-0.25, -0.2) is 0 Å². The minimum atomic E-state index is -0.128. The summed E-state index contributed by atoms with van der Waals surface area (Å²) in [6.07, 6.45) is 4.29. The molecule has 0 radical (unpaired) electrons. The summed E-state index contributed by atoms with van der Waals surface area (Å²) in [6, 6.07) is 15.9. The lowest BCUT2D eigenvalue weighted by molar-refractivity contribution is -0.115. The smallest absolute Gasteiger partial charge is 0.224 e. The maximum Gasteiger partial charge on any atom is 0.224 e. The van der Waals surface area contributed by atoms with Gasteiger partial charge < -0.3 is 24.8 Å². The minimum absolute atomic E-state index is 0.0673. The zero-order valence-corrected chi connectivity index (χ0v) is 20.1. The summed E-state index contributed by atoms with van der Waals surface area (Å²) >= 11 is 5.83. The van der Waals surface area contributed by atoms with E-state index < -0.39 is 0 Å². The van der Waals surface area contributed by atoms with E-state index in [4.69, 9.17) is 17.0 Å². The van der Waals surface area contributed by atoms with Gasteiger partial charge in [-0.2, -0.15) is 0 Å². The van der Waals surface area contributed by atoms with Gasteiger partial charge in [0.1, 0.15) is 11.8 Å². The number of ether oxygens (including phenoxy) is 1. The largest absolute Gasteiger partial charge is 0.494 e. The van der Waals surface area contributed by atoms with Crippen LogP contribution in [-0.4, -0.2) is 27.7 Å². The standard InChI is InChI=1S/C25H29N5O2S/c1-5-22(31)27-18-12-11-17(15-21(18)32-4)30-24(20-10-8-14-29(20)16(2)3)23(28-25(30)33)19-9-6-7-13-26-19/h6-16,23-24H,5H2,1-4H3,(H,27,31)(H,28,33)/t23-,24-/m0/s1. The number of pyridine rings is 1. The van der Waals surface area contributed by atoms with Crippen molar-refractivity contribution in [3.63, 3.8) is 0 Å². The Bertz CT molecular complexity index is 1140. The number of anilines is 2. The summed E-state index contributed by atoms with van der Waals surface area (Å²) < 4.78 is 7.86. The molecule has 7 nitrogen and oxygen atoms in total. The van der Waals surface area contributed by atoms with Crippen LogP contribution in [0.5, 0.6) is 5.75 Å². The Morgan fingerprint density at radius 2 is 2.06 bits per heavy atom. The molecule has 1 saturated heterocycles. The van der Waals surface area contributed by atoms with Crippen LogP contribution in [0.25, 0.3) is 0 Å². The van der Waals surface area contributed by atoms with Crippen LogP contribution < -0.4 is 20.3 Å². The predicted octanol–water partition coefficient (Wildman–Crippen LogP) is 5.00. The lowest BCUT2D eigenvalue weighted by atomic mass is 10.0. The Kier molecular flexibility index (Phi) is 6.65. The third-order valence-electron chi connectivity index (χ3n) is 5.83. The number of hydrogen-bond acceptors (Lipinski definition) is 4. The molecule has 8 heteroatoms. The molecule has 0 bridgehead atoms. The van der Waals surface area contributed by atoms with Crippen molar-refractivity contribution in [1.82, 2.24) is 14.9 Å². The Balaban J connectivity index is 1.81. The van der Waals surface area contributed by atoms with Crippen LogP contribution in [0, 0.1) is 0 Å². The summed E-state index contributed by atoms with van der Waals surface area (Å²) in [7, 11) is 1.60. The molecule has 1 aliphatic heterocycles. The van der Waals surface area contributed by atoms with Crippen molar-refractivity contribution in [3.05, 3.63) is 72.3 Å². The molecule has 1 fully saturated rings. The Hall–Kier alpha value is -3.39. The zero-order valence-electron chi connectivity index (χ0n) is 19.3. The number of rotatable bonds is 7. The third-order valence-corrected chi connectivity index (χ3v) is 6.14. The van der Waals surface area contributed by atoms with Crippen molar-refractivity contribution in [2.75, 3.05) is 17.3 Å². The van der Waals surface area contributed by atoms with Gasteiger partial charge in [-0.15, -0.1) is 0 Å². The van der Waals surface area contributed by atoms with Gasteiger partial charge in [-0.1, -0.05) is 13.0 Å². The first-order valence-corrected chi connectivity index (χ1v) is 11.5. The maximum absolute atomic E-state index is 11.9. The fourth-order valence-electron chi connectivity index (χ4n) is 4.23. The highest BCUT2D eigenvalue weighted by molar-refractivity contribution is 7.80. The number of methoxy groups -OCH3 is 1. The highest BCUT2D eigenvalue weighted by atomic mass is 32.1. The van der Waals surface area contributed by atoms with Gasteiger partial charge in [0, 0.05) is 42.3 Å². The molecule has 3 heterocycles. The number of nitrogens with one attached hydrogen (secondary N) is 2. The summed E-state index contributed by atoms with van der Waals surface area (Å²) in [4.78, 5) is 18.7. The molecule has 2 atom stereocenters. The van der Waals surface area contributed by atoms with Crippen LogP contribution in [0.2, 0.25) is 0 Å². The van der Waals surface area contributed by atoms with Gasteiger partial charge >= 0.3 is 0 Å². The number of carbonyl (C=O) groups is 1. The molecule has 2 aromatic heterocycles. The predicted molar refractivity (Wildman–Crippen MR) is 135 cm³/mol. The second kappa shape index (κ2) is 9.62. The summed E-state index contributed by atoms with van der Waals surface area (Å²) in [5, 5.41) is 6.99. The topological polar surface area (TPSA) is 71.4 Å². The van der Waals surface area contributed by atoms with E-state index in [0.29, 0.717) is 23.0 Å². The first-order chi connectivity index (χ1) is 15.9. The van der Waals surface area contributed by atoms with Crippen molar-refractivity contribution in [2.24, 2.45) is 0 Å². The highest BCUT2D eigenvalue weighted by Crippen LogP contribution is 2.43. The van der Waals surface area contributed by atoms with Gasteiger partial charge in [0.2, 0.25) is 5.91 Å². The first kappa shape index (κ1) is 22.8. The molecule has 2 N–H and O–H groups in total. The van der Waals surface area contributed by atoms with Crippen molar-refractivity contribution in [1.29, 1.82) is 0 Å². The van der Waals surface area contributed by atoms with Crippen molar-refractivity contribution in [3.8, 4) is 5.75 Å². The average molecular weight is 464 g/mol. The maximum atomic E-state index is 11.9. The molecule has 3 aromatic rings. The van der Waals surface area contributed by atoms with E-state index in [1.807, 2.05) is 43.3 Å². The van der Waals surface area contributed by atoms with Crippen molar-refractivity contribution in [2.45, 2.75) is 45.3 Å². The Labute approximate surface area is 199 Å². The summed E-state index contributed by atoms with van der Waals surface area (Å²) in [5.41, 5.74) is 3.56. The third kappa shape index (κ3) is 4.43. The molecule has 1 aliphatic rings. The summed E-state index contributed by atoms with van der Waals surface area (Å²) in [6.45, 7) is 6.15. The summed E-state index contributed by atoms with van der Waals surface area (Å²) in [5.74, 6) is 0.513. The number of amides is 1. The zero-order chi connectivity index (χ0) is 23.5. The van der Waals surface area contributed by atoms with Crippen LogP contribution >= 0.6 is 12.2 Å². The quantitative estimate of drug-likeness (QED) is 0.481. The van der Waals surface area contributed by atoms with Crippen LogP contribution in [0.15, 0.2) is 60.9 Å². The lowest BCUT2D eigenvalue weighted by Gasteiger charge is -2.30. The van der Waals surface area contributed by atoms with Gasteiger partial charge in [-0.05, 0) is 62.5 Å². The number of hydrogen-bond donors (Lipinski definition) is 2. The first-order valence-electron chi connectivity index (χ1n) is 11.1. The van der Waals surface area contributed by atoms with E-state index in [1.165, 1.54) is 0 Å². The molecule has 0 saturated carbocycles. The van der Waals surface area contributed by atoms with Gasteiger partial charge in [0.15, 0.2) is 5.11 Å². The van der Waals surface area contributed by atoms with E-state index in [-0.39, 0.29) is 24.0 Å². The van der Waals surface area contributed by atoms with Crippen molar-refractivity contribution < 1.29 is 9.53 Å².